The van der Waals surface area contributed by atoms with Gasteiger partial charge in [0.15, 0.2) is 5.82 Å². The Morgan fingerprint density at radius 1 is 1.41 bits per heavy atom. The fourth-order valence-electron chi connectivity index (χ4n) is 1.76. The normalized spacial score (nSPS) is 10.4. The summed E-state index contributed by atoms with van der Waals surface area (Å²) in [4.78, 5) is 25.0. The van der Waals surface area contributed by atoms with Crippen molar-refractivity contribution < 1.29 is 18.5 Å². The van der Waals surface area contributed by atoms with Crippen molar-refractivity contribution in [1.29, 1.82) is 0 Å². The van der Waals surface area contributed by atoms with Crippen LogP contribution in [-0.2, 0) is 4.79 Å². The van der Waals surface area contributed by atoms with E-state index in [-0.39, 0.29) is 22.9 Å². The molecular formula is C14H13ClFN3O3. The van der Waals surface area contributed by atoms with Crippen molar-refractivity contribution in [2.24, 2.45) is 0 Å². The Bertz CT molecular complexity index is 717. The van der Waals surface area contributed by atoms with Crippen molar-refractivity contribution in [1.82, 2.24) is 10.1 Å². The van der Waals surface area contributed by atoms with Gasteiger partial charge in [-0.15, -0.1) is 0 Å². The highest BCUT2D eigenvalue weighted by Gasteiger charge is 2.19. The van der Waals surface area contributed by atoms with Gasteiger partial charge < -0.3 is 14.7 Å². The highest BCUT2D eigenvalue weighted by molar-refractivity contribution is 6.30. The van der Waals surface area contributed by atoms with Gasteiger partial charge in [0, 0.05) is 18.1 Å². The molecule has 1 heterocycles. The predicted octanol–water partition coefficient (Wildman–Crippen LogP) is 2.49. The van der Waals surface area contributed by atoms with E-state index in [1.165, 1.54) is 19.2 Å². The highest BCUT2D eigenvalue weighted by Crippen LogP contribution is 2.16. The Kier molecular flexibility index (Phi) is 4.77. The van der Waals surface area contributed by atoms with Gasteiger partial charge in [-0.05, 0) is 25.1 Å². The molecule has 0 aliphatic carbocycles. The Morgan fingerprint density at radius 3 is 2.73 bits per heavy atom. The molecule has 116 valence electrons. The van der Waals surface area contributed by atoms with Gasteiger partial charge in [0.25, 0.3) is 5.91 Å². The van der Waals surface area contributed by atoms with E-state index in [1.54, 1.807) is 13.0 Å². The Morgan fingerprint density at radius 2 is 2.14 bits per heavy atom. The second-order valence-corrected chi connectivity index (χ2v) is 5.09. The van der Waals surface area contributed by atoms with Crippen LogP contribution in [-0.4, -0.2) is 35.5 Å². The fourth-order valence-corrected chi connectivity index (χ4v) is 1.92. The summed E-state index contributed by atoms with van der Waals surface area (Å²) < 4.78 is 18.5. The third-order valence-corrected chi connectivity index (χ3v) is 3.02. The molecule has 0 spiro atoms. The van der Waals surface area contributed by atoms with Crippen LogP contribution in [0.1, 0.15) is 16.1 Å². The molecule has 1 aromatic carbocycles. The lowest BCUT2D eigenvalue weighted by molar-refractivity contribution is -0.116. The number of carbonyl (C=O) groups excluding carboxylic acids is 2. The summed E-state index contributed by atoms with van der Waals surface area (Å²) in [5.41, 5.74) is -0.156. The molecule has 0 saturated carbocycles. The molecule has 6 nitrogen and oxygen atoms in total. The van der Waals surface area contributed by atoms with Gasteiger partial charge in [-0.25, -0.2) is 4.39 Å². The number of hydrogen-bond donors (Lipinski definition) is 1. The van der Waals surface area contributed by atoms with Gasteiger partial charge in [-0.2, -0.15) is 0 Å². The molecule has 0 fully saturated rings. The van der Waals surface area contributed by atoms with Crippen LogP contribution in [0, 0.1) is 12.7 Å². The number of amides is 2. The van der Waals surface area contributed by atoms with Crippen LogP contribution in [0.25, 0.3) is 0 Å². The van der Waals surface area contributed by atoms with E-state index in [4.69, 9.17) is 16.1 Å². The minimum atomic E-state index is -0.739. The maximum absolute atomic E-state index is 13.7. The number of hydrogen-bond acceptors (Lipinski definition) is 4. The third kappa shape index (κ3) is 3.82. The van der Waals surface area contributed by atoms with Crippen molar-refractivity contribution >= 4 is 29.2 Å². The number of aromatic nitrogens is 1. The molecule has 2 rings (SSSR count). The lowest BCUT2D eigenvalue weighted by Crippen LogP contribution is -2.35. The second kappa shape index (κ2) is 6.57. The molecule has 1 aromatic heterocycles. The zero-order valence-electron chi connectivity index (χ0n) is 11.9. The van der Waals surface area contributed by atoms with E-state index in [1.807, 2.05) is 0 Å². The minimum absolute atomic E-state index is 0.156. The smallest absolute Gasteiger partial charge is 0.257 e. The maximum Gasteiger partial charge on any atom is 0.257 e. The number of rotatable bonds is 4. The average Bonchev–Trinajstić information content (AvgIpc) is 2.83. The SMILES string of the molecule is Cc1cc(NC(=O)CN(C)C(=O)c2ccc(Cl)cc2F)no1. The topological polar surface area (TPSA) is 75.4 Å². The van der Waals surface area contributed by atoms with Crippen LogP contribution in [0.2, 0.25) is 5.02 Å². The number of benzene rings is 1. The first-order valence-corrected chi connectivity index (χ1v) is 6.68. The fraction of sp³-hybridized carbons (Fsp3) is 0.214. The second-order valence-electron chi connectivity index (χ2n) is 4.66. The minimum Gasteiger partial charge on any atom is -0.360 e. The number of carbonyl (C=O) groups is 2. The van der Waals surface area contributed by atoms with Crippen molar-refractivity contribution in [3.63, 3.8) is 0 Å². The predicted molar refractivity (Wildman–Crippen MR) is 78.2 cm³/mol. The Balaban J connectivity index is 2.00. The van der Waals surface area contributed by atoms with Gasteiger partial charge >= 0.3 is 0 Å². The van der Waals surface area contributed by atoms with Crippen LogP contribution in [0.15, 0.2) is 28.8 Å². The molecule has 0 atom stereocenters. The molecule has 0 unspecified atom stereocenters. The van der Waals surface area contributed by atoms with Crippen LogP contribution in [0.3, 0.4) is 0 Å². The molecule has 22 heavy (non-hydrogen) atoms. The molecule has 0 saturated heterocycles. The lowest BCUT2D eigenvalue weighted by atomic mass is 10.2. The zero-order chi connectivity index (χ0) is 16.3. The van der Waals surface area contributed by atoms with Crippen molar-refractivity contribution in [2.75, 3.05) is 18.9 Å². The number of likely N-dealkylation sites (N-methyl/N-ethyl adjacent to an activating group) is 1. The molecule has 0 radical (unpaired) electrons. The van der Waals surface area contributed by atoms with Crippen molar-refractivity contribution in [3.05, 3.63) is 46.4 Å². The molecule has 0 aliphatic rings. The number of halogens is 2. The third-order valence-electron chi connectivity index (χ3n) is 2.78. The lowest BCUT2D eigenvalue weighted by Gasteiger charge is -2.16. The first-order valence-electron chi connectivity index (χ1n) is 6.30. The largest absolute Gasteiger partial charge is 0.360 e. The van der Waals surface area contributed by atoms with Crippen LogP contribution in [0.5, 0.6) is 0 Å². The van der Waals surface area contributed by atoms with E-state index in [9.17, 15) is 14.0 Å². The summed E-state index contributed by atoms with van der Waals surface area (Å²) in [5, 5.41) is 6.27. The Labute approximate surface area is 130 Å². The van der Waals surface area contributed by atoms with Gasteiger partial charge in [0.2, 0.25) is 5.91 Å². The van der Waals surface area contributed by atoms with E-state index in [0.29, 0.717) is 5.76 Å². The monoisotopic (exact) mass is 325 g/mol. The zero-order valence-corrected chi connectivity index (χ0v) is 12.6. The number of nitrogens with one attached hydrogen (secondary N) is 1. The maximum atomic E-state index is 13.7. The quantitative estimate of drug-likeness (QED) is 0.937. The molecular weight excluding hydrogens is 313 g/mol. The average molecular weight is 326 g/mol. The molecule has 2 amide bonds. The Hall–Kier alpha value is -2.41. The summed E-state index contributed by atoms with van der Waals surface area (Å²) in [6, 6.07) is 5.26. The van der Waals surface area contributed by atoms with Crippen LogP contribution >= 0.6 is 11.6 Å². The van der Waals surface area contributed by atoms with Crippen LogP contribution in [0.4, 0.5) is 10.2 Å². The first kappa shape index (κ1) is 16.0. The molecule has 8 heteroatoms. The van der Waals surface area contributed by atoms with E-state index < -0.39 is 17.6 Å². The standard InChI is InChI=1S/C14H13ClFN3O3/c1-8-5-12(18-22-8)17-13(20)7-19(2)14(21)10-4-3-9(15)6-11(10)16/h3-6H,7H2,1-2H3,(H,17,18,20). The molecule has 0 bridgehead atoms. The molecule has 0 aliphatic heterocycles. The summed E-state index contributed by atoms with van der Waals surface area (Å²) in [6.45, 7) is 1.43. The molecule has 1 N–H and O–H groups in total. The highest BCUT2D eigenvalue weighted by atomic mass is 35.5. The summed E-state index contributed by atoms with van der Waals surface area (Å²) in [5.74, 6) is -1.04. The molecule has 2 aromatic rings. The van der Waals surface area contributed by atoms with Crippen molar-refractivity contribution in [2.45, 2.75) is 6.92 Å². The summed E-state index contributed by atoms with van der Waals surface area (Å²) >= 11 is 5.63. The summed E-state index contributed by atoms with van der Waals surface area (Å²) in [7, 11) is 1.39. The first-order chi connectivity index (χ1) is 10.4. The number of nitrogens with zero attached hydrogens (tertiary/aromatic N) is 2. The number of anilines is 1. The van der Waals surface area contributed by atoms with Crippen molar-refractivity contribution in [3.8, 4) is 0 Å². The van der Waals surface area contributed by atoms with Gasteiger partial charge in [0.05, 0.1) is 12.1 Å². The van der Waals surface area contributed by atoms with Crippen LogP contribution < -0.4 is 5.32 Å². The van der Waals surface area contributed by atoms with E-state index >= 15 is 0 Å². The van der Waals surface area contributed by atoms with E-state index in [2.05, 4.69) is 10.5 Å². The van der Waals surface area contributed by atoms with Gasteiger partial charge in [-0.3, -0.25) is 9.59 Å². The van der Waals surface area contributed by atoms with Gasteiger partial charge in [0.1, 0.15) is 11.6 Å². The summed E-state index contributed by atoms with van der Waals surface area (Å²) in [6.07, 6.45) is 0. The van der Waals surface area contributed by atoms with Gasteiger partial charge in [-0.1, -0.05) is 16.8 Å². The number of aryl methyl sites for hydroxylation is 1. The van der Waals surface area contributed by atoms with E-state index in [0.717, 1.165) is 11.0 Å².